The fourth-order valence-corrected chi connectivity index (χ4v) is 2.48. The lowest BCUT2D eigenvalue weighted by atomic mass is 9.82. The predicted octanol–water partition coefficient (Wildman–Crippen LogP) is 4.07. The van der Waals surface area contributed by atoms with Gasteiger partial charge in [-0.25, -0.2) is 0 Å². The van der Waals surface area contributed by atoms with Crippen LogP contribution in [0.2, 0.25) is 0 Å². The Morgan fingerprint density at radius 3 is 2.00 bits per heavy atom. The molecule has 0 aromatic heterocycles. The van der Waals surface area contributed by atoms with Gasteiger partial charge in [-0.3, -0.25) is 4.79 Å². The largest absolute Gasteiger partial charge is 0.294 e. The van der Waals surface area contributed by atoms with Crippen LogP contribution in [0.3, 0.4) is 0 Å². The molecule has 0 N–H and O–H groups in total. The molecule has 22 heavy (non-hydrogen) atoms. The van der Waals surface area contributed by atoms with Gasteiger partial charge in [-0.1, -0.05) is 72.3 Å². The molecular formula is C18H13ClN2O. The van der Waals surface area contributed by atoms with Crippen molar-refractivity contribution in [3.63, 3.8) is 0 Å². The van der Waals surface area contributed by atoms with Gasteiger partial charge in [0.2, 0.25) is 4.87 Å². The molecule has 2 rings (SSSR count). The van der Waals surface area contributed by atoms with Crippen LogP contribution < -0.4 is 0 Å². The number of carbonyl (C=O) groups excluding carboxylic acids is 1. The average Bonchev–Trinajstić information content (AvgIpc) is 2.60. The fourth-order valence-electron chi connectivity index (χ4n) is 2.28. The summed E-state index contributed by atoms with van der Waals surface area (Å²) in [6, 6.07) is 21.4. The molecule has 0 heterocycles. The Labute approximate surface area is 134 Å². The van der Waals surface area contributed by atoms with Crippen molar-refractivity contribution in [2.75, 3.05) is 0 Å². The van der Waals surface area contributed by atoms with Crippen LogP contribution in [0.4, 0.5) is 0 Å². The van der Waals surface area contributed by atoms with Gasteiger partial charge in [0.05, 0.1) is 0 Å². The van der Waals surface area contributed by atoms with Gasteiger partial charge in [0.15, 0.2) is 5.78 Å². The van der Waals surface area contributed by atoms with Crippen LogP contribution in [-0.2, 0) is 0 Å². The summed E-state index contributed by atoms with van der Waals surface area (Å²) < 4.78 is 0. The molecule has 2 aromatic carbocycles. The first-order valence-corrected chi connectivity index (χ1v) is 7.13. The summed E-state index contributed by atoms with van der Waals surface area (Å²) in [5.74, 6) is -0.844. The van der Waals surface area contributed by atoms with Crippen molar-refractivity contribution in [3.05, 3.63) is 71.8 Å². The number of nitrogens with zero attached hydrogens (tertiary/aromatic N) is 2. The van der Waals surface area contributed by atoms with E-state index in [0.29, 0.717) is 11.1 Å². The highest BCUT2D eigenvalue weighted by Crippen LogP contribution is 2.37. The molecule has 0 radical (unpaired) electrons. The van der Waals surface area contributed by atoms with Crippen LogP contribution in [-0.4, -0.2) is 10.7 Å². The number of alkyl halides is 1. The number of hydrogen-bond acceptors (Lipinski definition) is 3. The van der Waals surface area contributed by atoms with E-state index in [9.17, 15) is 15.3 Å². The smallest absolute Gasteiger partial charge is 0.223 e. The van der Waals surface area contributed by atoms with Gasteiger partial charge in [-0.05, 0) is 5.56 Å². The molecule has 3 nitrogen and oxygen atoms in total. The number of nitriles is 2. The lowest BCUT2D eigenvalue weighted by molar-refractivity contribution is 0.0972. The molecule has 0 aliphatic carbocycles. The zero-order valence-electron chi connectivity index (χ0n) is 11.7. The van der Waals surface area contributed by atoms with Gasteiger partial charge in [-0.15, -0.1) is 0 Å². The van der Waals surface area contributed by atoms with Crippen LogP contribution >= 0.6 is 11.6 Å². The summed E-state index contributed by atoms with van der Waals surface area (Å²) in [5, 5.41) is 18.6. The molecule has 2 aromatic rings. The van der Waals surface area contributed by atoms with Gasteiger partial charge < -0.3 is 0 Å². The minimum absolute atomic E-state index is 0.00134. The quantitative estimate of drug-likeness (QED) is 0.618. The number of halogens is 1. The minimum Gasteiger partial charge on any atom is -0.294 e. The van der Waals surface area contributed by atoms with Crippen molar-refractivity contribution in [3.8, 4) is 12.1 Å². The minimum atomic E-state index is -1.77. The molecule has 0 spiro atoms. The van der Waals surface area contributed by atoms with E-state index in [0.717, 1.165) is 0 Å². The normalized spacial score (nSPS) is 12.0. The first kappa shape index (κ1) is 15.8. The Kier molecular flexibility index (Phi) is 4.94. The maximum Gasteiger partial charge on any atom is 0.223 e. The van der Waals surface area contributed by atoms with E-state index < -0.39 is 10.8 Å². The zero-order chi connectivity index (χ0) is 16.0. The van der Waals surface area contributed by atoms with Crippen LogP contribution in [0.25, 0.3) is 0 Å². The van der Waals surface area contributed by atoms with Crippen molar-refractivity contribution in [1.82, 2.24) is 0 Å². The first-order valence-electron chi connectivity index (χ1n) is 6.75. The van der Waals surface area contributed by atoms with Crippen molar-refractivity contribution < 1.29 is 4.79 Å². The van der Waals surface area contributed by atoms with E-state index in [1.807, 2.05) is 24.3 Å². The lowest BCUT2D eigenvalue weighted by Gasteiger charge is -2.23. The second kappa shape index (κ2) is 6.89. The number of hydrogen-bond donors (Lipinski definition) is 0. The molecule has 0 saturated heterocycles. The molecule has 0 saturated carbocycles. The SMILES string of the molecule is N#CC(Cl)(C#N)[C@@H](CC(=O)c1ccccc1)c1ccccc1. The number of rotatable bonds is 5. The van der Waals surface area contributed by atoms with E-state index in [-0.39, 0.29) is 12.2 Å². The third-order valence-corrected chi connectivity index (χ3v) is 3.93. The molecule has 1 atom stereocenters. The van der Waals surface area contributed by atoms with Crippen molar-refractivity contribution in [2.45, 2.75) is 17.2 Å². The van der Waals surface area contributed by atoms with E-state index in [1.54, 1.807) is 48.5 Å². The molecule has 0 fully saturated rings. The summed E-state index contributed by atoms with van der Waals surface area (Å²) in [6.07, 6.45) is -0.00134. The first-order chi connectivity index (χ1) is 10.6. The monoisotopic (exact) mass is 308 g/mol. The Morgan fingerprint density at radius 2 is 1.50 bits per heavy atom. The summed E-state index contributed by atoms with van der Waals surface area (Å²) in [6.45, 7) is 0. The standard InChI is InChI=1S/C18H13ClN2O/c19-18(12-20,13-21)16(14-7-3-1-4-8-14)11-17(22)15-9-5-2-6-10-15/h1-10,16H,11H2/t16-/m0/s1. The molecule has 0 unspecified atom stereocenters. The zero-order valence-corrected chi connectivity index (χ0v) is 12.5. The van der Waals surface area contributed by atoms with Gasteiger partial charge in [0.1, 0.15) is 12.1 Å². The van der Waals surface area contributed by atoms with Crippen molar-refractivity contribution in [1.29, 1.82) is 10.5 Å². The molecular weight excluding hydrogens is 296 g/mol. The predicted molar refractivity (Wildman–Crippen MR) is 84.4 cm³/mol. The number of Topliss-reactive ketones (excluding diaryl/α,β-unsaturated/α-hetero) is 1. The van der Waals surface area contributed by atoms with Crippen molar-refractivity contribution >= 4 is 17.4 Å². The van der Waals surface area contributed by atoms with Gasteiger partial charge in [0.25, 0.3) is 0 Å². The van der Waals surface area contributed by atoms with Crippen LogP contribution in [0, 0.1) is 22.7 Å². The Balaban J connectivity index is 2.37. The molecule has 4 heteroatoms. The van der Waals surface area contributed by atoms with E-state index >= 15 is 0 Å². The number of benzene rings is 2. The van der Waals surface area contributed by atoms with Gasteiger partial charge in [-0.2, -0.15) is 10.5 Å². The third kappa shape index (κ3) is 3.34. The Morgan fingerprint density at radius 1 is 1.00 bits per heavy atom. The molecule has 0 aliphatic rings. The summed E-state index contributed by atoms with van der Waals surface area (Å²) in [4.78, 5) is 10.7. The molecule has 0 aliphatic heterocycles. The van der Waals surface area contributed by atoms with Crippen LogP contribution in [0.5, 0.6) is 0 Å². The fraction of sp³-hybridized carbons (Fsp3) is 0.167. The lowest BCUT2D eigenvalue weighted by Crippen LogP contribution is -2.29. The second-order valence-corrected chi connectivity index (χ2v) is 5.49. The van der Waals surface area contributed by atoms with E-state index in [4.69, 9.17) is 11.6 Å². The summed E-state index contributed by atoms with van der Waals surface area (Å²) >= 11 is 6.17. The highest BCUT2D eigenvalue weighted by atomic mass is 35.5. The highest BCUT2D eigenvalue weighted by molar-refractivity contribution is 6.28. The molecule has 0 amide bonds. The van der Waals surface area contributed by atoms with Gasteiger partial charge in [0, 0.05) is 17.9 Å². The van der Waals surface area contributed by atoms with Crippen LogP contribution in [0.15, 0.2) is 60.7 Å². The van der Waals surface area contributed by atoms with E-state index in [1.165, 1.54) is 0 Å². The van der Waals surface area contributed by atoms with Crippen molar-refractivity contribution in [2.24, 2.45) is 0 Å². The number of ketones is 1. The maximum absolute atomic E-state index is 12.4. The molecule has 0 bridgehead atoms. The summed E-state index contributed by atoms with van der Waals surface area (Å²) in [5.41, 5.74) is 1.24. The van der Waals surface area contributed by atoms with Gasteiger partial charge >= 0.3 is 0 Å². The Hall–Kier alpha value is -2.62. The Bertz CT molecular complexity index is 715. The van der Waals surface area contributed by atoms with E-state index in [2.05, 4.69) is 0 Å². The second-order valence-electron chi connectivity index (χ2n) is 4.89. The van der Waals surface area contributed by atoms with Crippen LogP contribution in [0.1, 0.15) is 28.3 Å². The third-order valence-electron chi connectivity index (χ3n) is 3.49. The maximum atomic E-state index is 12.4. The average molecular weight is 309 g/mol. The molecule has 108 valence electrons. The summed E-state index contributed by atoms with van der Waals surface area (Å²) in [7, 11) is 0. The highest BCUT2D eigenvalue weighted by Gasteiger charge is 2.40. The topological polar surface area (TPSA) is 64.7 Å². The number of carbonyl (C=O) groups is 1.